The summed E-state index contributed by atoms with van der Waals surface area (Å²) in [6, 6.07) is 9.62. The summed E-state index contributed by atoms with van der Waals surface area (Å²) in [6.07, 6.45) is 3.32. The Morgan fingerprint density at radius 1 is 0.862 bits per heavy atom. The average Bonchev–Trinajstić information content (AvgIpc) is 3.48. The Kier molecular flexibility index (Phi) is 6.65. The molecule has 0 aromatic heterocycles. The van der Waals surface area contributed by atoms with Crippen LogP contribution < -0.4 is 10.9 Å². The molecule has 0 unspecified atom stereocenters. The number of nitrogens with one attached hydrogen (secondary N) is 2. The van der Waals surface area contributed by atoms with Crippen molar-refractivity contribution in [2.45, 2.75) is 6.42 Å². The maximum atomic E-state index is 12.1. The minimum absolute atomic E-state index is 0.110. The monoisotopic (exact) mass is 522 g/mol. The van der Waals surface area contributed by atoms with Gasteiger partial charge in [-0.15, -0.1) is 0 Å². The molecule has 1 aliphatic rings. The van der Waals surface area contributed by atoms with Gasteiger partial charge in [0, 0.05) is 0 Å². The van der Waals surface area contributed by atoms with E-state index >= 15 is 0 Å². The molecule has 150 valence electrons. The van der Waals surface area contributed by atoms with Gasteiger partial charge in [-0.2, -0.15) is 10.2 Å². The van der Waals surface area contributed by atoms with Crippen molar-refractivity contribution in [3.8, 4) is 11.5 Å². The van der Waals surface area contributed by atoms with Gasteiger partial charge in [0.25, 0.3) is 0 Å². The van der Waals surface area contributed by atoms with Gasteiger partial charge in [-0.1, -0.05) is 0 Å². The highest BCUT2D eigenvalue weighted by Crippen LogP contribution is 2.38. The van der Waals surface area contributed by atoms with Crippen LogP contribution in [0.5, 0.6) is 11.5 Å². The van der Waals surface area contributed by atoms with E-state index in [2.05, 4.69) is 52.9 Å². The first-order valence-corrected chi connectivity index (χ1v) is 10.1. The van der Waals surface area contributed by atoms with E-state index in [0.717, 1.165) is 0 Å². The number of hydrogen-bond donors (Lipinski definition) is 4. The minimum atomic E-state index is -0.447. The Balaban J connectivity index is 1.45. The number of amides is 2. The average molecular weight is 524 g/mol. The van der Waals surface area contributed by atoms with Crippen molar-refractivity contribution in [1.29, 1.82) is 0 Å². The third kappa shape index (κ3) is 5.64. The lowest BCUT2D eigenvalue weighted by atomic mass is 10.2. The van der Waals surface area contributed by atoms with E-state index in [1.54, 1.807) is 24.3 Å². The highest BCUT2D eigenvalue weighted by atomic mass is 79.9. The Bertz CT molecular complexity index is 930. The second-order valence-corrected chi connectivity index (χ2v) is 8.05. The van der Waals surface area contributed by atoms with E-state index in [1.807, 2.05) is 0 Å². The number of aromatic hydroxyl groups is 2. The molecule has 2 amide bonds. The summed E-state index contributed by atoms with van der Waals surface area (Å²) in [5.41, 5.74) is 6.20. The molecule has 1 saturated carbocycles. The van der Waals surface area contributed by atoms with E-state index in [9.17, 15) is 19.8 Å². The van der Waals surface area contributed by atoms with Gasteiger partial charge in [0.15, 0.2) is 0 Å². The number of hydrazone groups is 2. The second-order valence-electron chi connectivity index (χ2n) is 6.34. The number of hydrogen-bond acceptors (Lipinski definition) is 6. The molecule has 4 N–H and O–H groups in total. The molecule has 0 saturated heterocycles. The molecule has 0 radical (unpaired) electrons. The first kappa shape index (κ1) is 21.0. The first-order chi connectivity index (χ1) is 13.8. The molecular formula is C19H16Br2N4O4. The normalized spacial score (nSPS) is 18.1. The molecule has 2 atom stereocenters. The van der Waals surface area contributed by atoms with Crippen LogP contribution in [-0.2, 0) is 9.59 Å². The Labute approximate surface area is 183 Å². The van der Waals surface area contributed by atoms with Crippen molar-refractivity contribution >= 4 is 56.1 Å². The molecule has 2 aromatic rings. The van der Waals surface area contributed by atoms with Crippen LogP contribution >= 0.6 is 31.9 Å². The van der Waals surface area contributed by atoms with Gasteiger partial charge in [-0.05, 0) is 85.8 Å². The smallest absolute Gasteiger partial charge is 0.244 e. The van der Waals surface area contributed by atoms with Crippen LogP contribution in [0.25, 0.3) is 0 Å². The molecule has 0 bridgehead atoms. The molecular weight excluding hydrogens is 508 g/mol. The molecule has 0 heterocycles. The number of halogens is 2. The van der Waals surface area contributed by atoms with E-state index in [0.29, 0.717) is 26.5 Å². The second kappa shape index (κ2) is 9.19. The van der Waals surface area contributed by atoms with Crippen molar-refractivity contribution in [2.75, 3.05) is 0 Å². The Hall–Kier alpha value is -2.72. The maximum absolute atomic E-state index is 12.1. The minimum Gasteiger partial charge on any atom is -0.507 e. The lowest BCUT2D eigenvalue weighted by molar-refractivity contribution is -0.127. The standard InChI is InChI=1S/C19H16Br2N4O4/c20-14-5-10(1-3-16(14)26)8-22-24-18(28)12-7-13(12)19(29)25-23-9-11-2-4-17(27)15(21)6-11/h1-6,8-9,12-13,26-27H,7H2,(H,24,28)(H,25,29)/b22-8-,23-9-/t12-,13+. The van der Waals surface area contributed by atoms with Gasteiger partial charge in [0.2, 0.25) is 11.8 Å². The van der Waals surface area contributed by atoms with Crippen LogP contribution in [0.15, 0.2) is 55.5 Å². The number of benzene rings is 2. The number of carbonyl (C=O) groups is 2. The number of phenols is 2. The van der Waals surface area contributed by atoms with Crippen LogP contribution in [0.4, 0.5) is 0 Å². The highest BCUT2D eigenvalue weighted by molar-refractivity contribution is 9.10. The molecule has 29 heavy (non-hydrogen) atoms. The fraction of sp³-hybridized carbons (Fsp3) is 0.158. The number of nitrogens with zero attached hydrogens (tertiary/aromatic N) is 2. The van der Waals surface area contributed by atoms with Gasteiger partial charge < -0.3 is 10.2 Å². The van der Waals surface area contributed by atoms with E-state index in [-0.39, 0.29) is 23.3 Å². The molecule has 3 rings (SSSR count). The summed E-state index contributed by atoms with van der Waals surface area (Å²) < 4.78 is 1.04. The molecule has 1 aliphatic carbocycles. The molecule has 0 aliphatic heterocycles. The number of carbonyl (C=O) groups excluding carboxylic acids is 2. The van der Waals surface area contributed by atoms with Gasteiger partial charge in [-0.25, -0.2) is 10.9 Å². The SMILES string of the molecule is O=C(N/N=C\c1ccc(O)c(Br)c1)[C@H]1C[C@H]1C(=O)N/N=C\c1ccc(O)c(Br)c1. The van der Waals surface area contributed by atoms with Crippen LogP contribution in [0.3, 0.4) is 0 Å². The van der Waals surface area contributed by atoms with Crippen LogP contribution in [0.1, 0.15) is 17.5 Å². The summed E-state index contributed by atoms with van der Waals surface area (Å²) in [4.78, 5) is 24.1. The number of rotatable bonds is 6. The number of phenolic OH excluding ortho intramolecular Hbond substituents is 2. The molecule has 10 heteroatoms. The summed E-state index contributed by atoms with van der Waals surface area (Å²) in [6.45, 7) is 0. The Morgan fingerprint density at radius 3 is 1.66 bits per heavy atom. The van der Waals surface area contributed by atoms with E-state index < -0.39 is 11.8 Å². The molecule has 0 spiro atoms. The summed E-state index contributed by atoms with van der Waals surface area (Å²) in [5, 5.41) is 26.6. The lowest BCUT2D eigenvalue weighted by Gasteiger charge is -2.01. The largest absolute Gasteiger partial charge is 0.507 e. The van der Waals surface area contributed by atoms with Crippen LogP contribution in [0, 0.1) is 11.8 Å². The van der Waals surface area contributed by atoms with Crippen LogP contribution in [0.2, 0.25) is 0 Å². The summed E-state index contributed by atoms with van der Waals surface area (Å²) in [7, 11) is 0. The van der Waals surface area contributed by atoms with Crippen molar-refractivity contribution in [3.63, 3.8) is 0 Å². The highest BCUT2D eigenvalue weighted by Gasteiger charge is 2.48. The third-order valence-electron chi connectivity index (χ3n) is 4.18. The molecule has 2 aromatic carbocycles. The maximum Gasteiger partial charge on any atom is 0.244 e. The summed E-state index contributed by atoms with van der Waals surface area (Å²) >= 11 is 6.40. The first-order valence-electron chi connectivity index (χ1n) is 8.48. The predicted molar refractivity (Wildman–Crippen MR) is 115 cm³/mol. The fourth-order valence-corrected chi connectivity index (χ4v) is 3.28. The van der Waals surface area contributed by atoms with Gasteiger partial charge in [-0.3, -0.25) is 9.59 Å². The molecule has 8 nitrogen and oxygen atoms in total. The van der Waals surface area contributed by atoms with Gasteiger partial charge >= 0.3 is 0 Å². The molecule has 1 fully saturated rings. The third-order valence-corrected chi connectivity index (χ3v) is 5.45. The van der Waals surface area contributed by atoms with Crippen LogP contribution in [-0.4, -0.2) is 34.5 Å². The predicted octanol–water partition coefficient (Wildman–Crippen LogP) is 2.86. The van der Waals surface area contributed by atoms with Gasteiger partial charge in [0.05, 0.1) is 33.2 Å². The zero-order chi connectivity index (χ0) is 21.0. The van der Waals surface area contributed by atoms with E-state index in [4.69, 9.17) is 0 Å². The fourth-order valence-electron chi connectivity index (χ4n) is 2.49. The van der Waals surface area contributed by atoms with E-state index in [1.165, 1.54) is 24.6 Å². The van der Waals surface area contributed by atoms with Crippen molar-refractivity contribution in [1.82, 2.24) is 10.9 Å². The van der Waals surface area contributed by atoms with Crippen molar-refractivity contribution in [2.24, 2.45) is 22.0 Å². The van der Waals surface area contributed by atoms with Gasteiger partial charge in [0.1, 0.15) is 11.5 Å². The quantitative estimate of drug-likeness (QED) is 0.343. The topological polar surface area (TPSA) is 123 Å². The lowest BCUT2D eigenvalue weighted by Crippen LogP contribution is -2.25. The Morgan fingerprint density at radius 2 is 1.28 bits per heavy atom. The zero-order valence-corrected chi connectivity index (χ0v) is 18.0. The zero-order valence-electron chi connectivity index (χ0n) is 14.8. The van der Waals surface area contributed by atoms with Crippen molar-refractivity contribution < 1.29 is 19.8 Å². The van der Waals surface area contributed by atoms with Crippen molar-refractivity contribution in [3.05, 3.63) is 56.5 Å². The summed E-state index contributed by atoms with van der Waals surface area (Å²) in [5.74, 6) is -1.36.